The Bertz CT molecular complexity index is 951. The normalized spacial score (nSPS) is 18.9. The number of anilines is 2. The summed E-state index contributed by atoms with van der Waals surface area (Å²) < 4.78 is 23.1. The summed E-state index contributed by atoms with van der Waals surface area (Å²) in [6.45, 7) is 6.36. The van der Waals surface area contributed by atoms with Crippen molar-refractivity contribution in [3.63, 3.8) is 0 Å². The number of aromatic nitrogens is 2. The Balaban J connectivity index is 1.76. The van der Waals surface area contributed by atoms with E-state index < -0.39 is 15.7 Å². The summed E-state index contributed by atoms with van der Waals surface area (Å²) >= 11 is 0. The van der Waals surface area contributed by atoms with E-state index in [-0.39, 0.29) is 28.7 Å². The lowest BCUT2D eigenvalue weighted by atomic mass is 9.86. The van der Waals surface area contributed by atoms with Crippen LogP contribution in [0.2, 0.25) is 0 Å². The predicted molar refractivity (Wildman–Crippen MR) is 105 cm³/mol. The molecule has 0 radical (unpaired) electrons. The maximum absolute atomic E-state index is 12.4. The number of nitrogens with zero attached hydrogens (tertiary/aromatic N) is 2. The van der Waals surface area contributed by atoms with E-state index in [1.165, 1.54) is 12.3 Å². The van der Waals surface area contributed by atoms with Crippen LogP contribution in [-0.2, 0) is 15.3 Å². The second kappa shape index (κ2) is 7.26. The molecule has 1 aliphatic heterocycles. The Morgan fingerprint density at radius 3 is 2.59 bits per heavy atom. The molecule has 0 saturated carbocycles. The highest BCUT2D eigenvalue weighted by Gasteiger charge is 2.29. The zero-order valence-electron chi connectivity index (χ0n) is 15.7. The number of amides is 1. The summed E-state index contributed by atoms with van der Waals surface area (Å²) in [5, 5.41) is 5.92. The van der Waals surface area contributed by atoms with Gasteiger partial charge >= 0.3 is 0 Å². The van der Waals surface area contributed by atoms with Crippen molar-refractivity contribution in [1.29, 1.82) is 0 Å². The van der Waals surface area contributed by atoms with Gasteiger partial charge in [-0.2, -0.15) is 0 Å². The first-order chi connectivity index (χ1) is 12.6. The van der Waals surface area contributed by atoms with Crippen molar-refractivity contribution in [2.45, 2.75) is 38.6 Å². The second-order valence-electron chi connectivity index (χ2n) is 7.76. The third-order valence-electron chi connectivity index (χ3n) is 4.44. The van der Waals surface area contributed by atoms with Crippen molar-refractivity contribution in [2.75, 3.05) is 16.8 Å². The van der Waals surface area contributed by atoms with Crippen LogP contribution in [0, 0.1) is 0 Å². The molecule has 1 aromatic heterocycles. The van der Waals surface area contributed by atoms with Gasteiger partial charge in [0.2, 0.25) is 5.95 Å². The summed E-state index contributed by atoms with van der Waals surface area (Å²) in [4.78, 5) is 20.9. The summed E-state index contributed by atoms with van der Waals surface area (Å²) in [5.74, 6) is 0.0106. The van der Waals surface area contributed by atoms with E-state index in [0.29, 0.717) is 12.4 Å². The number of carbonyl (C=O) groups excluding carboxylic acids is 1. The molecule has 1 amide bonds. The average molecular weight is 388 g/mol. The molecular weight excluding hydrogens is 364 g/mol. The maximum Gasteiger partial charge on any atom is 0.270 e. The van der Waals surface area contributed by atoms with Crippen LogP contribution < -0.4 is 10.6 Å². The average Bonchev–Trinajstić information content (AvgIpc) is 2.93. The summed E-state index contributed by atoms with van der Waals surface area (Å²) in [6.07, 6.45) is 1.94. The molecule has 144 valence electrons. The van der Waals surface area contributed by atoms with Crippen molar-refractivity contribution in [3.8, 4) is 0 Å². The quantitative estimate of drug-likeness (QED) is 0.834. The number of hydrogen-bond acceptors (Lipinski definition) is 6. The van der Waals surface area contributed by atoms with E-state index in [0.717, 1.165) is 11.3 Å². The summed E-state index contributed by atoms with van der Waals surface area (Å²) in [6, 6.07) is 9.04. The van der Waals surface area contributed by atoms with E-state index in [1.54, 1.807) is 0 Å². The minimum Gasteiger partial charge on any atom is -0.347 e. The fourth-order valence-electron chi connectivity index (χ4n) is 3.08. The molecule has 1 saturated heterocycles. The molecule has 1 aromatic carbocycles. The molecule has 27 heavy (non-hydrogen) atoms. The molecule has 1 atom stereocenters. The molecular formula is C19H24N4O3S. The van der Waals surface area contributed by atoms with E-state index in [9.17, 15) is 13.2 Å². The first kappa shape index (κ1) is 19.3. The largest absolute Gasteiger partial charge is 0.347 e. The molecule has 2 N–H and O–H groups in total. The van der Waals surface area contributed by atoms with Crippen LogP contribution in [0.15, 0.2) is 36.5 Å². The SMILES string of the molecule is CC(C)(C)c1ccccc1Nc1nccc(C(=O)NC2CCS(=O)(=O)C2)n1. The molecule has 0 spiro atoms. The van der Waals surface area contributed by atoms with Gasteiger partial charge in [-0.3, -0.25) is 4.79 Å². The van der Waals surface area contributed by atoms with Gasteiger partial charge in [-0.25, -0.2) is 18.4 Å². The fraction of sp³-hybridized carbons (Fsp3) is 0.421. The van der Waals surface area contributed by atoms with E-state index in [2.05, 4.69) is 41.4 Å². The number of nitrogens with one attached hydrogen (secondary N) is 2. The highest BCUT2D eigenvalue weighted by Crippen LogP contribution is 2.30. The lowest BCUT2D eigenvalue weighted by Crippen LogP contribution is -2.36. The predicted octanol–water partition coefficient (Wildman–Crippen LogP) is 2.43. The lowest BCUT2D eigenvalue weighted by Gasteiger charge is -2.23. The lowest BCUT2D eigenvalue weighted by molar-refractivity contribution is 0.0936. The first-order valence-electron chi connectivity index (χ1n) is 8.85. The number of benzene rings is 1. The van der Waals surface area contributed by atoms with Gasteiger partial charge in [0, 0.05) is 17.9 Å². The highest BCUT2D eigenvalue weighted by atomic mass is 32.2. The van der Waals surface area contributed by atoms with Gasteiger partial charge in [0.15, 0.2) is 9.84 Å². The topological polar surface area (TPSA) is 101 Å². The van der Waals surface area contributed by atoms with Crippen molar-refractivity contribution in [1.82, 2.24) is 15.3 Å². The molecule has 1 aliphatic rings. The fourth-order valence-corrected chi connectivity index (χ4v) is 4.75. The summed E-state index contributed by atoms with van der Waals surface area (Å²) in [7, 11) is -3.05. The van der Waals surface area contributed by atoms with Gasteiger partial charge in [-0.1, -0.05) is 39.0 Å². The molecule has 2 heterocycles. The molecule has 2 aromatic rings. The van der Waals surface area contributed by atoms with Gasteiger partial charge in [0.25, 0.3) is 5.91 Å². The Labute approximate surface area is 159 Å². The zero-order valence-corrected chi connectivity index (χ0v) is 16.5. The van der Waals surface area contributed by atoms with E-state index >= 15 is 0 Å². The molecule has 0 bridgehead atoms. The van der Waals surface area contributed by atoms with Gasteiger partial charge in [0.05, 0.1) is 11.5 Å². The second-order valence-corrected chi connectivity index (χ2v) is 9.99. The summed E-state index contributed by atoms with van der Waals surface area (Å²) in [5.41, 5.74) is 2.13. The van der Waals surface area contributed by atoms with Crippen molar-refractivity contribution >= 4 is 27.4 Å². The van der Waals surface area contributed by atoms with Crippen LogP contribution in [0.1, 0.15) is 43.2 Å². The van der Waals surface area contributed by atoms with Crippen molar-refractivity contribution in [2.24, 2.45) is 0 Å². The Morgan fingerprint density at radius 2 is 1.93 bits per heavy atom. The minimum atomic E-state index is -3.05. The van der Waals surface area contributed by atoms with Gasteiger partial charge < -0.3 is 10.6 Å². The molecule has 0 aliphatic carbocycles. The zero-order chi connectivity index (χ0) is 19.7. The number of hydrogen-bond donors (Lipinski definition) is 2. The molecule has 1 fully saturated rings. The number of sulfone groups is 1. The van der Waals surface area contributed by atoms with Crippen LogP contribution >= 0.6 is 0 Å². The number of para-hydroxylation sites is 1. The van der Waals surface area contributed by atoms with Crippen LogP contribution in [-0.4, -0.2) is 41.8 Å². The van der Waals surface area contributed by atoms with Crippen LogP contribution in [0.25, 0.3) is 0 Å². The van der Waals surface area contributed by atoms with Crippen LogP contribution in [0.3, 0.4) is 0 Å². The van der Waals surface area contributed by atoms with E-state index in [1.807, 2.05) is 24.3 Å². The smallest absolute Gasteiger partial charge is 0.270 e. The molecule has 3 rings (SSSR count). The monoisotopic (exact) mass is 388 g/mol. The van der Waals surface area contributed by atoms with Gasteiger partial charge in [-0.15, -0.1) is 0 Å². The van der Waals surface area contributed by atoms with Gasteiger partial charge in [0.1, 0.15) is 5.69 Å². The third kappa shape index (κ3) is 4.82. The molecule has 1 unspecified atom stereocenters. The number of rotatable bonds is 4. The third-order valence-corrected chi connectivity index (χ3v) is 6.21. The Morgan fingerprint density at radius 1 is 1.19 bits per heavy atom. The maximum atomic E-state index is 12.4. The Kier molecular flexibility index (Phi) is 5.19. The standard InChI is InChI=1S/C19H24N4O3S/c1-19(2,3)14-6-4-5-7-15(14)22-18-20-10-8-16(23-18)17(24)21-13-9-11-27(25,26)12-13/h4-8,10,13H,9,11-12H2,1-3H3,(H,21,24)(H,20,22,23). The van der Waals surface area contributed by atoms with Crippen LogP contribution in [0.4, 0.5) is 11.6 Å². The van der Waals surface area contributed by atoms with E-state index in [4.69, 9.17) is 0 Å². The molecule has 7 nitrogen and oxygen atoms in total. The molecule has 8 heteroatoms. The van der Waals surface area contributed by atoms with Crippen molar-refractivity contribution in [3.05, 3.63) is 47.8 Å². The minimum absolute atomic E-state index is 0.0200. The highest BCUT2D eigenvalue weighted by molar-refractivity contribution is 7.91. The number of carbonyl (C=O) groups is 1. The van der Waals surface area contributed by atoms with Crippen molar-refractivity contribution < 1.29 is 13.2 Å². The van der Waals surface area contributed by atoms with Gasteiger partial charge in [-0.05, 0) is 29.5 Å². The Hall–Kier alpha value is -2.48. The first-order valence-corrected chi connectivity index (χ1v) is 10.7. The van der Waals surface area contributed by atoms with Crippen LogP contribution in [0.5, 0.6) is 0 Å².